The van der Waals surface area contributed by atoms with Gasteiger partial charge in [-0.3, -0.25) is 4.90 Å². The maximum atomic E-state index is 12.6. The van der Waals surface area contributed by atoms with Gasteiger partial charge in [0, 0.05) is 13.0 Å². The lowest BCUT2D eigenvalue weighted by Crippen LogP contribution is -2.41. The van der Waals surface area contributed by atoms with Crippen LogP contribution >= 0.6 is 0 Å². The molecule has 1 aliphatic heterocycles. The summed E-state index contributed by atoms with van der Waals surface area (Å²) in [6.45, 7) is 0.831. The molecule has 2 N–H and O–H groups in total. The van der Waals surface area contributed by atoms with Gasteiger partial charge < -0.3 is 19.9 Å². The van der Waals surface area contributed by atoms with Gasteiger partial charge in [0.15, 0.2) is 0 Å². The fourth-order valence-corrected chi connectivity index (χ4v) is 3.14. The Morgan fingerprint density at radius 3 is 2.43 bits per heavy atom. The minimum Gasteiger partial charge on any atom is -0.488 e. The Balaban J connectivity index is 1.64. The number of rotatable bonds is 6. The Morgan fingerprint density at radius 2 is 1.79 bits per heavy atom. The van der Waals surface area contributed by atoms with Crippen molar-refractivity contribution in [2.45, 2.75) is 31.7 Å². The largest absolute Gasteiger partial charge is 0.488 e. The normalized spacial score (nSPS) is 18.6. The van der Waals surface area contributed by atoms with E-state index in [0.29, 0.717) is 18.7 Å². The molecule has 2 aromatic rings. The predicted molar refractivity (Wildman–Crippen MR) is 103 cm³/mol. The molecule has 0 spiro atoms. The summed E-state index contributed by atoms with van der Waals surface area (Å²) in [5.41, 5.74) is 7.47. The van der Waals surface area contributed by atoms with Crippen molar-refractivity contribution in [3.05, 3.63) is 65.7 Å². The summed E-state index contributed by atoms with van der Waals surface area (Å²) < 4.78 is 16.2. The van der Waals surface area contributed by atoms with Crippen LogP contribution in [0.4, 0.5) is 4.79 Å². The van der Waals surface area contributed by atoms with E-state index in [4.69, 9.17) is 19.9 Å². The standard InChI is InChI=1S/C21H24N2O5/c1-26-20(24)19-11-18(28-17-9-7-15(12-22)8-10-17)13-23(19)21(25)27-14-16-5-3-2-4-6-16/h2-10,18-19H,11-14,22H2,1H3/t18-,19-/m0/s1. The SMILES string of the molecule is COC(=O)[C@@H]1C[C@H](Oc2ccc(CN)cc2)CN1C(=O)OCc1ccccc1. The maximum absolute atomic E-state index is 12.6. The predicted octanol–water partition coefficient (Wildman–Crippen LogP) is 2.48. The third-order valence-electron chi connectivity index (χ3n) is 4.64. The molecule has 28 heavy (non-hydrogen) atoms. The summed E-state index contributed by atoms with van der Waals surface area (Å²) >= 11 is 0. The van der Waals surface area contributed by atoms with Crippen LogP contribution in [-0.4, -0.2) is 42.8 Å². The lowest BCUT2D eigenvalue weighted by molar-refractivity contribution is -0.145. The van der Waals surface area contributed by atoms with Crippen LogP contribution in [0.1, 0.15) is 17.5 Å². The van der Waals surface area contributed by atoms with Crippen LogP contribution in [0.3, 0.4) is 0 Å². The highest BCUT2D eigenvalue weighted by atomic mass is 16.6. The van der Waals surface area contributed by atoms with Gasteiger partial charge in [-0.05, 0) is 23.3 Å². The molecule has 148 valence electrons. The summed E-state index contributed by atoms with van der Waals surface area (Å²) in [5.74, 6) is 0.173. The Labute approximate surface area is 164 Å². The zero-order valence-corrected chi connectivity index (χ0v) is 15.7. The molecule has 1 saturated heterocycles. The number of likely N-dealkylation sites (tertiary alicyclic amines) is 1. The second-order valence-electron chi connectivity index (χ2n) is 6.56. The number of amides is 1. The lowest BCUT2D eigenvalue weighted by atomic mass is 10.2. The molecule has 2 atom stereocenters. The van der Waals surface area contributed by atoms with E-state index >= 15 is 0 Å². The molecule has 0 saturated carbocycles. The Hall–Kier alpha value is -3.06. The molecule has 0 radical (unpaired) electrons. The highest BCUT2D eigenvalue weighted by molar-refractivity contribution is 5.82. The Kier molecular flexibility index (Phi) is 6.49. The Morgan fingerprint density at radius 1 is 1.07 bits per heavy atom. The van der Waals surface area contributed by atoms with Crippen molar-refractivity contribution >= 4 is 12.1 Å². The monoisotopic (exact) mass is 384 g/mol. The first-order valence-corrected chi connectivity index (χ1v) is 9.11. The van der Waals surface area contributed by atoms with Gasteiger partial charge in [-0.25, -0.2) is 9.59 Å². The molecule has 2 aromatic carbocycles. The highest BCUT2D eigenvalue weighted by Crippen LogP contribution is 2.25. The van der Waals surface area contributed by atoms with E-state index in [2.05, 4.69) is 0 Å². The molecule has 0 unspecified atom stereocenters. The Bertz CT molecular complexity index is 794. The number of esters is 1. The average Bonchev–Trinajstić information content (AvgIpc) is 3.16. The number of carbonyl (C=O) groups is 2. The summed E-state index contributed by atoms with van der Waals surface area (Å²) in [6, 6.07) is 16.0. The number of hydrogen-bond donors (Lipinski definition) is 1. The fraction of sp³-hybridized carbons (Fsp3) is 0.333. The first kappa shape index (κ1) is 19.7. The first-order valence-electron chi connectivity index (χ1n) is 9.11. The van der Waals surface area contributed by atoms with Crippen molar-refractivity contribution in [2.75, 3.05) is 13.7 Å². The number of ether oxygens (including phenoxy) is 3. The molecule has 7 heteroatoms. The van der Waals surface area contributed by atoms with Crippen molar-refractivity contribution in [1.29, 1.82) is 0 Å². The van der Waals surface area contributed by atoms with E-state index in [-0.39, 0.29) is 19.3 Å². The number of nitrogens with zero attached hydrogens (tertiary/aromatic N) is 1. The smallest absolute Gasteiger partial charge is 0.410 e. The number of hydrogen-bond acceptors (Lipinski definition) is 6. The van der Waals surface area contributed by atoms with E-state index in [0.717, 1.165) is 11.1 Å². The van der Waals surface area contributed by atoms with Gasteiger partial charge in [-0.15, -0.1) is 0 Å². The van der Waals surface area contributed by atoms with Crippen molar-refractivity contribution in [3.63, 3.8) is 0 Å². The number of carbonyl (C=O) groups excluding carboxylic acids is 2. The first-order chi connectivity index (χ1) is 13.6. The summed E-state index contributed by atoms with van der Waals surface area (Å²) in [5, 5.41) is 0. The third-order valence-corrected chi connectivity index (χ3v) is 4.64. The molecular formula is C21H24N2O5. The topological polar surface area (TPSA) is 91.1 Å². The van der Waals surface area contributed by atoms with Crippen LogP contribution in [0.15, 0.2) is 54.6 Å². The zero-order chi connectivity index (χ0) is 19.9. The van der Waals surface area contributed by atoms with Gasteiger partial charge in [-0.1, -0.05) is 42.5 Å². The van der Waals surface area contributed by atoms with E-state index in [1.165, 1.54) is 12.0 Å². The second-order valence-corrected chi connectivity index (χ2v) is 6.56. The molecule has 3 rings (SSSR count). The van der Waals surface area contributed by atoms with E-state index in [1.807, 2.05) is 54.6 Å². The third kappa shape index (κ3) is 4.80. The van der Waals surface area contributed by atoms with Crippen LogP contribution in [0, 0.1) is 0 Å². The molecule has 1 aliphatic rings. The van der Waals surface area contributed by atoms with Gasteiger partial charge in [0.05, 0.1) is 13.7 Å². The van der Waals surface area contributed by atoms with Gasteiger partial charge in [-0.2, -0.15) is 0 Å². The number of benzene rings is 2. The van der Waals surface area contributed by atoms with E-state index < -0.39 is 18.1 Å². The molecule has 7 nitrogen and oxygen atoms in total. The van der Waals surface area contributed by atoms with Crippen LogP contribution in [0.2, 0.25) is 0 Å². The minimum atomic E-state index is -0.735. The fourth-order valence-electron chi connectivity index (χ4n) is 3.14. The molecule has 0 aromatic heterocycles. The molecule has 0 aliphatic carbocycles. The molecule has 1 heterocycles. The van der Waals surface area contributed by atoms with Crippen molar-refractivity contribution in [3.8, 4) is 5.75 Å². The van der Waals surface area contributed by atoms with Crippen LogP contribution in [-0.2, 0) is 27.4 Å². The molecule has 1 fully saturated rings. The number of nitrogens with two attached hydrogens (primary N) is 1. The molecule has 0 bridgehead atoms. The highest BCUT2D eigenvalue weighted by Gasteiger charge is 2.42. The molecule has 1 amide bonds. The number of methoxy groups -OCH3 is 1. The van der Waals surface area contributed by atoms with Crippen molar-refractivity contribution in [1.82, 2.24) is 4.90 Å². The van der Waals surface area contributed by atoms with Gasteiger partial charge >= 0.3 is 12.1 Å². The van der Waals surface area contributed by atoms with Crippen LogP contribution in [0.5, 0.6) is 5.75 Å². The van der Waals surface area contributed by atoms with Crippen LogP contribution < -0.4 is 10.5 Å². The summed E-state index contributed by atoms with van der Waals surface area (Å²) in [6.07, 6.45) is -0.563. The zero-order valence-electron chi connectivity index (χ0n) is 15.7. The van der Waals surface area contributed by atoms with Crippen molar-refractivity contribution < 1.29 is 23.8 Å². The van der Waals surface area contributed by atoms with Crippen LogP contribution in [0.25, 0.3) is 0 Å². The van der Waals surface area contributed by atoms with E-state index in [1.54, 1.807) is 0 Å². The average molecular weight is 384 g/mol. The lowest BCUT2D eigenvalue weighted by Gasteiger charge is -2.21. The van der Waals surface area contributed by atoms with Crippen molar-refractivity contribution in [2.24, 2.45) is 5.73 Å². The van der Waals surface area contributed by atoms with Gasteiger partial charge in [0.1, 0.15) is 24.5 Å². The minimum absolute atomic E-state index is 0.135. The van der Waals surface area contributed by atoms with E-state index in [9.17, 15) is 9.59 Å². The van der Waals surface area contributed by atoms with Gasteiger partial charge in [0.25, 0.3) is 0 Å². The maximum Gasteiger partial charge on any atom is 0.410 e. The molecular weight excluding hydrogens is 360 g/mol. The summed E-state index contributed by atoms with van der Waals surface area (Å²) in [4.78, 5) is 26.1. The van der Waals surface area contributed by atoms with Gasteiger partial charge in [0.2, 0.25) is 0 Å². The summed E-state index contributed by atoms with van der Waals surface area (Å²) in [7, 11) is 1.30. The quantitative estimate of drug-likeness (QED) is 0.770. The second kappa shape index (κ2) is 9.23.